The molecule has 2 aliphatic heterocycles. The molecule has 0 saturated carbocycles. The van der Waals surface area contributed by atoms with E-state index in [1.807, 2.05) is 19.2 Å². The smallest absolute Gasteiger partial charge is 0.354 e. The Morgan fingerprint density at radius 1 is 1.42 bits per heavy atom. The van der Waals surface area contributed by atoms with Crippen molar-refractivity contribution in [2.45, 2.75) is 37.3 Å². The number of amides is 2. The summed E-state index contributed by atoms with van der Waals surface area (Å²) in [6.07, 6.45) is 0. The highest BCUT2D eigenvalue weighted by molar-refractivity contribution is 8.00. The SMILES string of the molecule is CC(C)NC1=C(C(=O)O)N2C(=O)C(NC(=O)C(N)c3cccs3)[C@@H]2SC1. The number of nitrogens with two attached hydrogens (primary N) is 1. The molecule has 0 aromatic carbocycles. The maximum absolute atomic E-state index is 12.5. The van der Waals surface area contributed by atoms with Gasteiger partial charge in [0.05, 0.1) is 5.70 Å². The van der Waals surface area contributed by atoms with Crippen molar-refractivity contribution in [1.82, 2.24) is 15.5 Å². The number of rotatable bonds is 6. The van der Waals surface area contributed by atoms with Gasteiger partial charge in [-0.15, -0.1) is 23.1 Å². The summed E-state index contributed by atoms with van der Waals surface area (Å²) in [5.74, 6) is -1.61. The number of fused-ring (bicyclic) bond motifs is 1. The number of hydrogen-bond acceptors (Lipinski definition) is 7. The van der Waals surface area contributed by atoms with Crippen LogP contribution in [-0.4, -0.2) is 51.0 Å². The minimum atomic E-state index is -1.16. The van der Waals surface area contributed by atoms with Crippen molar-refractivity contribution in [3.05, 3.63) is 33.8 Å². The highest BCUT2D eigenvalue weighted by Gasteiger charge is 2.54. The third-order valence-electron chi connectivity index (χ3n) is 4.06. The molecule has 2 amide bonds. The van der Waals surface area contributed by atoms with E-state index in [0.717, 1.165) is 0 Å². The molecule has 0 bridgehead atoms. The van der Waals surface area contributed by atoms with E-state index in [0.29, 0.717) is 16.3 Å². The Kier molecular flexibility index (Phi) is 5.26. The third-order valence-corrected chi connectivity index (χ3v) is 6.30. The average molecular weight is 396 g/mol. The second-order valence-electron chi connectivity index (χ2n) is 6.32. The highest BCUT2D eigenvalue weighted by Crippen LogP contribution is 2.40. The fourth-order valence-electron chi connectivity index (χ4n) is 2.92. The van der Waals surface area contributed by atoms with E-state index in [4.69, 9.17) is 5.73 Å². The van der Waals surface area contributed by atoms with E-state index in [9.17, 15) is 19.5 Å². The number of β-lactam (4-membered cyclic amide) rings is 1. The van der Waals surface area contributed by atoms with E-state index in [-0.39, 0.29) is 11.7 Å². The molecule has 8 nitrogen and oxygen atoms in total. The van der Waals surface area contributed by atoms with Gasteiger partial charge < -0.3 is 21.5 Å². The molecule has 2 unspecified atom stereocenters. The zero-order valence-electron chi connectivity index (χ0n) is 14.3. The molecule has 5 N–H and O–H groups in total. The number of carboxylic acids is 1. The quantitative estimate of drug-likeness (QED) is 0.514. The Balaban J connectivity index is 1.74. The van der Waals surface area contributed by atoms with E-state index >= 15 is 0 Å². The number of thioether (sulfide) groups is 1. The van der Waals surface area contributed by atoms with Crippen LogP contribution in [0.5, 0.6) is 0 Å². The zero-order chi connectivity index (χ0) is 19.0. The summed E-state index contributed by atoms with van der Waals surface area (Å²) in [6, 6.07) is 1.99. The lowest BCUT2D eigenvalue weighted by Crippen LogP contribution is -2.71. The van der Waals surface area contributed by atoms with Crippen molar-refractivity contribution >= 4 is 40.9 Å². The second kappa shape index (κ2) is 7.29. The molecule has 1 saturated heterocycles. The second-order valence-corrected chi connectivity index (χ2v) is 8.40. The Labute approximate surface area is 158 Å². The molecule has 1 aromatic rings. The number of carboxylic acid groups (broad SMARTS) is 1. The van der Waals surface area contributed by atoms with Crippen LogP contribution in [0.3, 0.4) is 0 Å². The van der Waals surface area contributed by atoms with Crippen LogP contribution in [0.2, 0.25) is 0 Å². The van der Waals surface area contributed by atoms with Crippen LogP contribution >= 0.6 is 23.1 Å². The molecule has 3 heterocycles. The molecule has 0 spiro atoms. The molecule has 1 aromatic heterocycles. The number of carbonyl (C=O) groups is 3. The van der Waals surface area contributed by atoms with Crippen molar-refractivity contribution in [2.75, 3.05) is 5.75 Å². The van der Waals surface area contributed by atoms with Gasteiger partial charge in [0.25, 0.3) is 5.91 Å². The summed E-state index contributed by atoms with van der Waals surface area (Å²) in [5, 5.41) is 16.7. The first kappa shape index (κ1) is 18.7. The Morgan fingerprint density at radius 2 is 2.15 bits per heavy atom. The Morgan fingerprint density at radius 3 is 2.73 bits per heavy atom. The molecule has 140 valence electrons. The van der Waals surface area contributed by atoms with Crippen molar-refractivity contribution in [3.8, 4) is 0 Å². The van der Waals surface area contributed by atoms with Gasteiger partial charge in [0.1, 0.15) is 17.5 Å². The van der Waals surface area contributed by atoms with Gasteiger partial charge in [0.2, 0.25) is 5.91 Å². The predicted octanol–water partition coefficient (Wildman–Crippen LogP) is 0.442. The third kappa shape index (κ3) is 3.31. The lowest BCUT2D eigenvalue weighted by Gasteiger charge is -2.49. The fourth-order valence-corrected chi connectivity index (χ4v) is 4.94. The van der Waals surface area contributed by atoms with Gasteiger partial charge in [0.15, 0.2) is 5.70 Å². The summed E-state index contributed by atoms with van der Waals surface area (Å²) < 4.78 is 0. The predicted molar refractivity (Wildman–Crippen MR) is 99.2 cm³/mol. The first-order valence-corrected chi connectivity index (χ1v) is 10.0. The molecular formula is C16H20N4O4S2. The number of carbonyl (C=O) groups excluding carboxylic acids is 2. The molecule has 0 aliphatic carbocycles. The van der Waals surface area contributed by atoms with Crippen LogP contribution in [0.15, 0.2) is 28.9 Å². The van der Waals surface area contributed by atoms with Crippen LogP contribution < -0.4 is 16.4 Å². The average Bonchev–Trinajstić information content (AvgIpc) is 3.12. The molecular weight excluding hydrogens is 376 g/mol. The number of nitrogens with zero attached hydrogens (tertiary/aromatic N) is 1. The maximum Gasteiger partial charge on any atom is 0.354 e. The number of hydrogen-bond donors (Lipinski definition) is 4. The minimum absolute atomic E-state index is 0.0412. The maximum atomic E-state index is 12.5. The van der Waals surface area contributed by atoms with Gasteiger partial charge in [-0.2, -0.15) is 0 Å². The van der Waals surface area contributed by atoms with Gasteiger partial charge in [-0.05, 0) is 25.3 Å². The van der Waals surface area contributed by atoms with Crippen LogP contribution in [0, 0.1) is 0 Å². The molecule has 0 radical (unpaired) electrons. The normalized spacial score (nSPS) is 23.4. The molecule has 1 fully saturated rings. The minimum Gasteiger partial charge on any atom is -0.477 e. The van der Waals surface area contributed by atoms with Crippen LogP contribution in [0.4, 0.5) is 0 Å². The molecule has 10 heteroatoms. The molecule has 3 rings (SSSR count). The van der Waals surface area contributed by atoms with Crippen molar-refractivity contribution < 1.29 is 19.5 Å². The van der Waals surface area contributed by atoms with E-state index in [1.165, 1.54) is 28.0 Å². The lowest BCUT2D eigenvalue weighted by atomic mass is 10.0. The topological polar surface area (TPSA) is 125 Å². The summed E-state index contributed by atoms with van der Waals surface area (Å²) in [7, 11) is 0. The largest absolute Gasteiger partial charge is 0.477 e. The van der Waals surface area contributed by atoms with Crippen molar-refractivity contribution in [3.63, 3.8) is 0 Å². The summed E-state index contributed by atoms with van der Waals surface area (Å²) >= 11 is 2.78. The first-order valence-electron chi connectivity index (χ1n) is 8.08. The highest BCUT2D eigenvalue weighted by atomic mass is 32.2. The van der Waals surface area contributed by atoms with E-state index in [2.05, 4.69) is 10.6 Å². The van der Waals surface area contributed by atoms with Crippen molar-refractivity contribution in [2.24, 2.45) is 5.73 Å². The van der Waals surface area contributed by atoms with Crippen molar-refractivity contribution in [1.29, 1.82) is 0 Å². The lowest BCUT2D eigenvalue weighted by molar-refractivity contribution is -0.151. The summed E-state index contributed by atoms with van der Waals surface area (Å²) in [4.78, 5) is 38.5. The monoisotopic (exact) mass is 396 g/mol. The van der Waals surface area contributed by atoms with Gasteiger partial charge in [-0.1, -0.05) is 6.07 Å². The summed E-state index contributed by atoms with van der Waals surface area (Å²) in [5.41, 5.74) is 6.40. The molecule has 3 atom stereocenters. The van der Waals surface area contributed by atoms with Gasteiger partial charge >= 0.3 is 5.97 Å². The number of thiophene rings is 1. The number of aliphatic carboxylic acids is 1. The Hall–Kier alpha value is -2.04. The van der Waals surface area contributed by atoms with Gasteiger partial charge in [-0.3, -0.25) is 14.5 Å². The summed E-state index contributed by atoms with van der Waals surface area (Å²) in [6.45, 7) is 3.80. The van der Waals surface area contributed by atoms with Crippen LogP contribution in [0.25, 0.3) is 0 Å². The van der Waals surface area contributed by atoms with Crippen LogP contribution in [-0.2, 0) is 14.4 Å². The molecule has 2 aliphatic rings. The fraction of sp³-hybridized carbons (Fsp3) is 0.438. The van der Waals surface area contributed by atoms with Crippen LogP contribution in [0.1, 0.15) is 24.8 Å². The van der Waals surface area contributed by atoms with E-state index in [1.54, 1.807) is 12.1 Å². The number of nitrogens with one attached hydrogen (secondary N) is 2. The molecule has 26 heavy (non-hydrogen) atoms. The Bertz CT molecular complexity index is 762. The van der Waals surface area contributed by atoms with E-state index < -0.39 is 35.2 Å². The van der Waals surface area contributed by atoms with Gasteiger partial charge in [0, 0.05) is 16.7 Å². The standard InChI is InChI=1S/C16H20N4O4S2/c1-7(2)18-8-6-26-15-11(14(22)20(15)12(8)16(23)24)19-13(21)10(17)9-4-3-5-25-9/h3-5,7,10-11,15,18H,6,17H2,1-2H3,(H,19,21)(H,23,24)/t10?,11?,15-/m0/s1. The first-order chi connectivity index (χ1) is 12.3. The van der Waals surface area contributed by atoms with Gasteiger partial charge in [-0.25, -0.2) is 4.79 Å². The zero-order valence-corrected chi connectivity index (χ0v) is 15.9.